The Labute approximate surface area is 98.7 Å². The SMILES string of the molecule is CN(CC(F)F)CC(C(=O)O)c1ccccc1. The lowest BCUT2D eigenvalue weighted by molar-refractivity contribution is -0.139. The Hall–Kier alpha value is -1.49. The molecule has 1 rings (SSSR count). The fourth-order valence-corrected chi connectivity index (χ4v) is 1.63. The average molecular weight is 243 g/mol. The van der Waals surface area contributed by atoms with Crippen LogP contribution in [-0.2, 0) is 4.79 Å². The molecule has 0 saturated heterocycles. The predicted molar refractivity (Wildman–Crippen MR) is 60.3 cm³/mol. The third-order valence-electron chi connectivity index (χ3n) is 2.44. The number of carboxylic acid groups (broad SMARTS) is 1. The molecule has 1 aromatic rings. The van der Waals surface area contributed by atoms with Gasteiger partial charge in [0.15, 0.2) is 0 Å². The van der Waals surface area contributed by atoms with Crippen molar-refractivity contribution in [3.63, 3.8) is 0 Å². The van der Waals surface area contributed by atoms with E-state index in [1.165, 1.54) is 11.9 Å². The summed E-state index contributed by atoms with van der Waals surface area (Å²) in [4.78, 5) is 12.4. The second-order valence-electron chi connectivity index (χ2n) is 3.91. The number of nitrogens with zero attached hydrogens (tertiary/aromatic N) is 1. The van der Waals surface area contributed by atoms with Crippen LogP contribution < -0.4 is 0 Å². The topological polar surface area (TPSA) is 40.5 Å². The van der Waals surface area contributed by atoms with Crippen molar-refractivity contribution in [2.75, 3.05) is 20.1 Å². The average Bonchev–Trinajstić information content (AvgIpc) is 2.25. The Bertz CT molecular complexity index is 357. The van der Waals surface area contributed by atoms with Gasteiger partial charge < -0.3 is 5.11 Å². The number of rotatable bonds is 6. The molecule has 0 bridgehead atoms. The van der Waals surface area contributed by atoms with Gasteiger partial charge >= 0.3 is 5.97 Å². The zero-order valence-corrected chi connectivity index (χ0v) is 9.51. The molecule has 17 heavy (non-hydrogen) atoms. The minimum absolute atomic E-state index is 0.0731. The molecule has 0 heterocycles. The molecule has 0 fully saturated rings. The first-order valence-electron chi connectivity index (χ1n) is 5.25. The Morgan fingerprint density at radius 2 is 1.88 bits per heavy atom. The van der Waals surface area contributed by atoms with E-state index in [2.05, 4.69) is 0 Å². The zero-order chi connectivity index (χ0) is 12.8. The lowest BCUT2D eigenvalue weighted by atomic mass is 9.99. The third-order valence-corrected chi connectivity index (χ3v) is 2.44. The molecule has 0 aliphatic rings. The molecule has 1 unspecified atom stereocenters. The van der Waals surface area contributed by atoms with Crippen molar-refractivity contribution in [1.29, 1.82) is 0 Å². The van der Waals surface area contributed by atoms with Gasteiger partial charge in [-0.25, -0.2) is 8.78 Å². The Morgan fingerprint density at radius 1 is 1.29 bits per heavy atom. The number of halogens is 2. The van der Waals surface area contributed by atoms with Crippen molar-refractivity contribution in [2.45, 2.75) is 12.3 Å². The molecule has 0 aliphatic heterocycles. The lowest BCUT2D eigenvalue weighted by Gasteiger charge is -2.21. The molecule has 94 valence electrons. The molecular formula is C12H15F2NO2. The maximum Gasteiger partial charge on any atom is 0.312 e. The van der Waals surface area contributed by atoms with Gasteiger partial charge in [0.05, 0.1) is 12.5 Å². The van der Waals surface area contributed by atoms with Gasteiger partial charge in [-0.2, -0.15) is 0 Å². The number of carbonyl (C=O) groups is 1. The van der Waals surface area contributed by atoms with Crippen molar-refractivity contribution < 1.29 is 18.7 Å². The molecule has 1 aromatic carbocycles. The minimum Gasteiger partial charge on any atom is -0.481 e. The van der Waals surface area contributed by atoms with Crippen LogP contribution in [0.4, 0.5) is 8.78 Å². The van der Waals surface area contributed by atoms with Crippen LogP contribution in [0.3, 0.4) is 0 Å². The van der Waals surface area contributed by atoms with Crippen molar-refractivity contribution in [1.82, 2.24) is 4.90 Å². The van der Waals surface area contributed by atoms with Crippen molar-refractivity contribution in [3.05, 3.63) is 35.9 Å². The molecule has 1 atom stereocenters. The first-order chi connectivity index (χ1) is 8.00. The number of alkyl halides is 2. The van der Waals surface area contributed by atoms with E-state index in [0.29, 0.717) is 5.56 Å². The van der Waals surface area contributed by atoms with Crippen LogP contribution in [0.15, 0.2) is 30.3 Å². The molecule has 0 spiro atoms. The second kappa shape index (κ2) is 6.30. The lowest BCUT2D eigenvalue weighted by Crippen LogP contribution is -2.32. The summed E-state index contributed by atoms with van der Waals surface area (Å²) in [5.41, 5.74) is 0.626. The van der Waals surface area contributed by atoms with Crippen LogP contribution in [0.25, 0.3) is 0 Å². The van der Waals surface area contributed by atoms with E-state index in [0.717, 1.165) is 0 Å². The van der Waals surface area contributed by atoms with Gasteiger partial charge in [0, 0.05) is 6.54 Å². The van der Waals surface area contributed by atoms with Gasteiger partial charge in [-0.3, -0.25) is 9.69 Å². The number of aliphatic carboxylic acids is 1. The number of benzene rings is 1. The van der Waals surface area contributed by atoms with E-state index >= 15 is 0 Å². The summed E-state index contributed by atoms with van der Waals surface area (Å²) in [6, 6.07) is 8.63. The van der Waals surface area contributed by atoms with E-state index < -0.39 is 24.9 Å². The Kier molecular flexibility index (Phi) is 5.03. The van der Waals surface area contributed by atoms with E-state index in [1.807, 2.05) is 0 Å². The highest BCUT2D eigenvalue weighted by molar-refractivity contribution is 5.76. The minimum atomic E-state index is -2.45. The fraction of sp³-hybridized carbons (Fsp3) is 0.417. The number of hydrogen-bond acceptors (Lipinski definition) is 2. The van der Waals surface area contributed by atoms with Crippen molar-refractivity contribution in [3.8, 4) is 0 Å². The maximum absolute atomic E-state index is 12.2. The van der Waals surface area contributed by atoms with Crippen LogP contribution >= 0.6 is 0 Å². The van der Waals surface area contributed by atoms with Crippen molar-refractivity contribution >= 4 is 5.97 Å². The maximum atomic E-state index is 12.2. The summed E-state index contributed by atoms with van der Waals surface area (Å²) in [7, 11) is 1.49. The number of hydrogen-bond donors (Lipinski definition) is 1. The quantitative estimate of drug-likeness (QED) is 0.831. The molecule has 0 saturated carbocycles. The fourth-order valence-electron chi connectivity index (χ4n) is 1.63. The monoisotopic (exact) mass is 243 g/mol. The first kappa shape index (κ1) is 13.6. The van der Waals surface area contributed by atoms with Gasteiger partial charge in [-0.05, 0) is 12.6 Å². The normalized spacial score (nSPS) is 13.0. The standard InChI is InChI=1S/C12H15F2NO2/c1-15(8-11(13)14)7-10(12(16)17)9-5-3-2-4-6-9/h2-6,10-11H,7-8H2,1H3,(H,16,17). The van der Waals surface area contributed by atoms with Gasteiger partial charge in [-0.15, -0.1) is 0 Å². The van der Waals surface area contributed by atoms with Crippen LogP contribution in [0.1, 0.15) is 11.5 Å². The second-order valence-corrected chi connectivity index (χ2v) is 3.91. The summed E-state index contributed by atoms with van der Waals surface area (Å²) in [5.74, 6) is -1.78. The summed E-state index contributed by atoms with van der Waals surface area (Å²) >= 11 is 0. The molecule has 0 radical (unpaired) electrons. The smallest absolute Gasteiger partial charge is 0.312 e. The molecular weight excluding hydrogens is 228 g/mol. The summed E-state index contributed by atoms with van der Waals surface area (Å²) in [6.07, 6.45) is -2.45. The van der Waals surface area contributed by atoms with E-state index in [4.69, 9.17) is 5.11 Å². The third kappa shape index (κ3) is 4.48. The van der Waals surface area contributed by atoms with Crippen LogP contribution in [0.2, 0.25) is 0 Å². The van der Waals surface area contributed by atoms with E-state index in [1.54, 1.807) is 30.3 Å². The van der Waals surface area contributed by atoms with Gasteiger partial charge in [0.2, 0.25) is 0 Å². The van der Waals surface area contributed by atoms with Crippen LogP contribution in [0, 0.1) is 0 Å². The van der Waals surface area contributed by atoms with Gasteiger partial charge in [-0.1, -0.05) is 30.3 Å². The first-order valence-corrected chi connectivity index (χ1v) is 5.25. The Balaban J connectivity index is 2.71. The summed E-state index contributed by atoms with van der Waals surface area (Å²) in [6.45, 7) is -0.347. The summed E-state index contributed by atoms with van der Waals surface area (Å²) < 4.78 is 24.3. The predicted octanol–water partition coefficient (Wildman–Crippen LogP) is 2.05. The van der Waals surface area contributed by atoms with Gasteiger partial charge in [0.1, 0.15) is 0 Å². The number of carboxylic acids is 1. The molecule has 3 nitrogen and oxygen atoms in total. The molecule has 1 N–H and O–H groups in total. The molecule has 0 amide bonds. The van der Waals surface area contributed by atoms with E-state index in [9.17, 15) is 13.6 Å². The van der Waals surface area contributed by atoms with Crippen LogP contribution in [-0.4, -0.2) is 42.5 Å². The molecule has 0 aliphatic carbocycles. The largest absolute Gasteiger partial charge is 0.481 e. The van der Waals surface area contributed by atoms with Crippen LogP contribution in [0.5, 0.6) is 0 Å². The Morgan fingerprint density at radius 3 is 2.35 bits per heavy atom. The van der Waals surface area contributed by atoms with Gasteiger partial charge in [0.25, 0.3) is 6.43 Å². The summed E-state index contributed by atoms with van der Waals surface area (Å²) in [5, 5.41) is 9.10. The highest BCUT2D eigenvalue weighted by Gasteiger charge is 2.22. The molecule has 5 heteroatoms. The highest BCUT2D eigenvalue weighted by Crippen LogP contribution is 2.17. The molecule has 0 aromatic heterocycles. The van der Waals surface area contributed by atoms with E-state index in [-0.39, 0.29) is 6.54 Å². The zero-order valence-electron chi connectivity index (χ0n) is 9.51. The number of likely N-dealkylation sites (N-methyl/N-ethyl adjacent to an activating group) is 1. The highest BCUT2D eigenvalue weighted by atomic mass is 19.3. The van der Waals surface area contributed by atoms with Crippen molar-refractivity contribution in [2.24, 2.45) is 0 Å².